The van der Waals surface area contributed by atoms with Crippen LogP contribution in [-0.4, -0.2) is 11.1 Å². The van der Waals surface area contributed by atoms with E-state index in [2.05, 4.69) is 0 Å². The molecule has 0 fully saturated rings. The number of carboxylic acid groups (broad SMARTS) is 1. The third-order valence-electron chi connectivity index (χ3n) is 3.20. The van der Waals surface area contributed by atoms with E-state index >= 15 is 0 Å². The molecule has 0 aliphatic heterocycles. The molecule has 110 valence electrons. The van der Waals surface area contributed by atoms with Crippen molar-refractivity contribution in [2.45, 2.75) is 23.5 Å². The number of benzene rings is 2. The van der Waals surface area contributed by atoms with Gasteiger partial charge in [-0.3, -0.25) is 4.79 Å². The van der Waals surface area contributed by atoms with E-state index in [1.807, 2.05) is 12.1 Å². The number of rotatable bonds is 5. The fourth-order valence-electron chi connectivity index (χ4n) is 1.84. The summed E-state index contributed by atoms with van der Waals surface area (Å²) in [6.45, 7) is 1.65. The highest BCUT2D eigenvalue weighted by Crippen LogP contribution is 2.27. The summed E-state index contributed by atoms with van der Waals surface area (Å²) in [4.78, 5) is 11.5. The number of nitrogen functional groups attached to an aromatic ring is 1. The smallest absolute Gasteiger partial charge is 0.310 e. The molecule has 0 bridgehead atoms. The molecule has 0 aliphatic rings. The Morgan fingerprint density at radius 3 is 2.52 bits per heavy atom. The van der Waals surface area contributed by atoms with Crippen molar-refractivity contribution in [3.63, 3.8) is 0 Å². The SMILES string of the molecule is CC(C(=O)O)c1ccc(CSc2ccc(N)cc2F)cc1. The number of aliphatic carboxylic acids is 1. The van der Waals surface area contributed by atoms with Gasteiger partial charge in [-0.1, -0.05) is 24.3 Å². The highest BCUT2D eigenvalue weighted by molar-refractivity contribution is 7.98. The van der Waals surface area contributed by atoms with Crippen LogP contribution in [0.3, 0.4) is 0 Å². The Morgan fingerprint density at radius 2 is 1.95 bits per heavy atom. The highest BCUT2D eigenvalue weighted by Gasteiger charge is 2.13. The number of hydrogen-bond acceptors (Lipinski definition) is 3. The Balaban J connectivity index is 2.02. The Labute approximate surface area is 127 Å². The molecule has 2 rings (SSSR count). The van der Waals surface area contributed by atoms with Crippen molar-refractivity contribution >= 4 is 23.4 Å². The van der Waals surface area contributed by atoms with Crippen LogP contribution in [0, 0.1) is 5.82 Å². The van der Waals surface area contributed by atoms with Gasteiger partial charge >= 0.3 is 5.97 Å². The van der Waals surface area contributed by atoms with Gasteiger partial charge in [0, 0.05) is 16.3 Å². The van der Waals surface area contributed by atoms with Gasteiger partial charge in [-0.25, -0.2) is 4.39 Å². The topological polar surface area (TPSA) is 63.3 Å². The lowest BCUT2D eigenvalue weighted by Crippen LogP contribution is -2.07. The number of halogens is 1. The second-order valence-corrected chi connectivity index (χ2v) is 5.80. The number of anilines is 1. The number of nitrogens with two attached hydrogens (primary N) is 1. The fraction of sp³-hybridized carbons (Fsp3) is 0.188. The predicted octanol–water partition coefficient (Wildman–Crippen LogP) is 3.89. The summed E-state index contributed by atoms with van der Waals surface area (Å²) in [7, 11) is 0. The van der Waals surface area contributed by atoms with Crippen LogP contribution in [-0.2, 0) is 10.5 Å². The van der Waals surface area contributed by atoms with Crippen LogP contribution in [0.25, 0.3) is 0 Å². The second-order valence-electron chi connectivity index (χ2n) is 4.78. The summed E-state index contributed by atoms with van der Waals surface area (Å²) >= 11 is 1.38. The Hall–Kier alpha value is -2.01. The Bertz CT molecular complexity index is 643. The lowest BCUT2D eigenvalue weighted by molar-refractivity contribution is -0.138. The third-order valence-corrected chi connectivity index (χ3v) is 4.32. The van der Waals surface area contributed by atoms with Crippen molar-refractivity contribution in [2.24, 2.45) is 0 Å². The highest BCUT2D eigenvalue weighted by atomic mass is 32.2. The summed E-state index contributed by atoms with van der Waals surface area (Å²) in [5, 5.41) is 8.95. The molecule has 3 N–H and O–H groups in total. The molecule has 0 radical (unpaired) electrons. The molecule has 2 aromatic rings. The molecule has 5 heteroatoms. The molecular formula is C16H16FNO2S. The molecular weight excluding hydrogens is 289 g/mol. The van der Waals surface area contributed by atoms with Crippen molar-refractivity contribution in [1.29, 1.82) is 0 Å². The van der Waals surface area contributed by atoms with Gasteiger partial charge in [-0.15, -0.1) is 11.8 Å². The number of carboxylic acids is 1. The van der Waals surface area contributed by atoms with E-state index < -0.39 is 11.9 Å². The molecule has 21 heavy (non-hydrogen) atoms. The van der Waals surface area contributed by atoms with Crippen LogP contribution in [0.2, 0.25) is 0 Å². The first kappa shape index (κ1) is 15.4. The zero-order valence-corrected chi connectivity index (χ0v) is 12.4. The zero-order chi connectivity index (χ0) is 15.4. The normalized spacial score (nSPS) is 12.1. The van der Waals surface area contributed by atoms with Crippen molar-refractivity contribution in [3.05, 3.63) is 59.4 Å². The first-order valence-corrected chi connectivity index (χ1v) is 7.45. The summed E-state index contributed by atoms with van der Waals surface area (Å²) < 4.78 is 13.6. The molecule has 0 heterocycles. The van der Waals surface area contributed by atoms with Crippen molar-refractivity contribution in [1.82, 2.24) is 0 Å². The Morgan fingerprint density at radius 1 is 1.29 bits per heavy atom. The second kappa shape index (κ2) is 6.63. The minimum atomic E-state index is -0.846. The quantitative estimate of drug-likeness (QED) is 0.650. The summed E-state index contributed by atoms with van der Waals surface area (Å²) in [6.07, 6.45) is 0. The minimum Gasteiger partial charge on any atom is -0.481 e. The van der Waals surface area contributed by atoms with E-state index in [0.717, 1.165) is 11.1 Å². The zero-order valence-electron chi connectivity index (χ0n) is 11.5. The van der Waals surface area contributed by atoms with Gasteiger partial charge in [0.15, 0.2) is 0 Å². The van der Waals surface area contributed by atoms with Crippen molar-refractivity contribution in [3.8, 4) is 0 Å². The minimum absolute atomic E-state index is 0.323. The van der Waals surface area contributed by atoms with Crippen LogP contribution >= 0.6 is 11.8 Å². The largest absolute Gasteiger partial charge is 0.481 e. The van der Waals surface area contributed by atoms with Crippen LogP contribution in [0.5, 0.6) is 0 Å². The molecule has 1 unspecified atom stereocenters. The van der Waals surface area contributed by atoms with E-state index in [9.17, 15) is 9.18 Å². The molecule has 3 nitrogen and oxygen atoms in total. The standard InChI is InChI=1S/C16H16FNO2S/c1-10(16(19)20)12-4-2-11(3-5-12)9-21-15-7-6-13(18)8-14(15)17/h2-8,10H,9,18H2,1H3,(H,19,20). The average molecular weight is 305 g/mol. The maximum Gasteiger partial charge on any atom is 0.310 e. The average Bonchev–Trinajstić information content (AvgIpc) is 2.46. The molecule has 0 spiro atoms. The summed E-state index contributed by atoms with van der Waals surface area (Å²) in [5.74, 6) is -1.08. The molecule has 2 aromatic carbocycles. The van der Waals surface area contributed by atoms with Crippen LogP contribution in [0.1, 0.15) is 24.0 Å². The van der Waals surface area contributed by atoms with Gasteiger partial charge in [-0.2, -0.15) is 0 Å². The fourth-order valence-corrected chi connectivity index (χ4v) is 2.72. The van der Waals surface area contributed by atoms with E-state index in [1.165, 1.54) is 17.8 Å². The van der Waals surface area contributed by atoms with Gasteiger partial charge in [0.25, 0.3) is 0 Å². The summed E-state index contributed by atoms with van der Waals surface area (Å²) in [6, 6.07) is 12.0. The lowest BCUT2D eigenvalue weighted by atomic mass is 10.0. The van der Waals surface area contributed by atoms with E-state index in [0.29, 0.717) is 16.3 Å². The lowest BCUT2D eigenvalue weighted by Gasteiger charge is -2.08. The first-order valence-electron chi connectivity index (χ1n) is 6.47. The number of thioether (sulfide) groups is 1. The van der Waals surface area contributed by atoms with Gasteiger partial charge in [0.1, 0.15) is 5.82 Å². The molecule has 0 aliphatic carbocycles. The van der Waals surface area contributed by atoms with Crippen molar-refractivity contribution in [2.75, 3.05) is 5.73 Å². The third kappa shape index (κ3) is 3.98. The molecule has 0 aromatic heterocycles. The molecule has 0 amide bonds. The van der Waals surface area contributed by atoms with Crippen LogP contribution in [0.4, 0.5) is 10.1 Å². The van der Waals surface area contributed by atoms with Gasteiger partial charge in [0.2, 0.25) is 0 Å². The Kier molecular flexibility index (Phi) is 4.85. The molecule has 1 atom stereocenters. The van der Waals surface area contributed by atoms with Crippen LogP contribution < -0.4 is 5.73 Å². The molecule has 0 saturated heterocycles. The van der Waals surface area contributed by atoms with E-state index in [1.54, 1.807) is 31.2 Å². The molecule has 0 saturated carbocycles. The van der Waals surface area contributed by atoms with Crippen molar-refractivity contribution < 1.29 is 14.3 Å². The van der Waals surface area contributed by atoms with E-state index in [-0.39, 0.29) is 5.82 Å². The number of hydrogen-bond donors (Lipinski definition) is 2. The van der Waals surface area contributed by atoms with E-state index in [4.69, 9.17) is 10.8 Å². The monoisotopic (exact) mass is 305 g/mol. The van der Waals surface area contributed by atoms with Gasteiger partial charge in [-0.05, 0) is 36.2 Å². The van der Waals surface area contributed by atoms with Gasteiger partial charge in [0.05, 0.1) is 5.92 Å². The first-order chi connectivity index (χ1) is 9.97. The predicted molar refractivity (Wildman–Crippen MR) is 82.9 cm³/mol. The number of carbonyl (C=O) groups is 1. The maximum atomic E-state index is 13.6. The van der Waals surface area contributed by atoms with Gasteiger partial charge < -0.3 is 10.8 Å². The maximum absolute atomic E-state index is 13.6. The van der Waals surface area contributed by atoms with Crippen LogP contribution in [0.15, 0.2) is 47.4 Å². The summed E-state index contributed by atoms with van der Waals surface area (Å²) in [5.41, 5.74) is 7.68.